The van der Waals surface area contributed by atoms with Gasteiger partial charge in [-0.1, -0.05) is 11.8 Å². The minimum atomic E-state index is -0.378. The monoisotopic (exact) mass is 435 g/mol. The van der Waals surface area contributed by atoms with E-state index in [4.69, 9.17) is 15.2 Å². The minimum absolute atomic E-state index is 0.0309. The number of likely N-dealkylation sites (tertiary alicyclic amines) is 1. The van der Waals surface area contributed by atoms with Crippen molar-refractivity contribution in [3.8, 4) is 11.5 Å². The van der Waals surface area contributed by atoms with E-state index in [1.807, 2.05) is 30.0 Å². The number of benzene rings is 1. The molecule has 3 rings (SSSR count). The predicted molar refractivity (Wildman–Crippen MR) is 114 cm³/mol. The van der Waals surface area contributed by atoms with Gasteiger partial charge in [0.05, 0.1) is 38.1 Å². The molecule has 1 fully saturated rings. The number of aryl methyl sites for hydroxylation is 1. The van der Waals surface area contributed by atoms with Crippen LogP contribution in [0.25, 0.3) is 0 Å². The molecule has 0 aliphatic carbocycles. The van der Waals surface area contributed by atoms with Crippen LogP contribution in [0, 0.1) is 6.92 Å². The molecule has 0 bridgehead atoms. The van der Waals surface area contributed by atoms with E-state index in [0.717, 1.165) is 44.8 Å². The molecular formula is C20H25N3O4S2. The van der Waals surface area contributed by atoms with Crippen molar-refractivity contribution in [2.45, 2.75) is 36.6 Å². The van der Waals surface area contributed by atoms with Gasteiger partial charge in [-0.05, 0) is 38.0 Å². The van der Waals surface area contributed by atoms with E-state index >= 15 is 0 Å². The number of aromatic nitrogens is 1. The highest BCUT2D eigenvalue weighted by Gasteiger charge is 2.32. The second kappa shape index (κ2) is 9.49. The number of thioether (sulfide) groups is 1. The van der Waals surface area contributed by atoms with E-state index in [2.05, 4.69) is 4.98 Å². The fraction of sp³-hybridized carbons (Fsp3) is 0.450. The van der Waals surface area contributed by atoms with Crippen molar-refractivity contribution >= 4 is 34.9 Å². The largest absolute Gasteiger partial charge is 0.497 e. The third-order valence-corrected chi connectivity index (χ3v) is 7.18. The zero-order valence-electron chi connectivity index (χ0n) is 16.8. The zero-order valence-corrected chi connectivity index (χ0v) is 18.4. The van der Waals surface area contributed by atoms with Gasteiger partial charge in [0.1, 0.15) is 11.5 Å². The Morgan fingerprint density at radius 2 is 2.14 bits per heavy atom. The van der Waals surface area contributed by atoms with Gasteiger partial charge in [-0.3, -0.25) is 9.59 Å². The summed E-state index contributed by atoms with van der Waals surface area (Å²) in [6, 6.07) is 5.65. The standard InChI is InChI=1S/C20H25N3O4S2/c1-12-17(10-18(21)24)29-20(22-12)28-11-19(25)23-8-4-5-15(23)14-9-13(26-2)6-7-16(14)27-3/h6-7,9,15H,4-5,8,10-11H2,1-3H3,(H2,21,24). The molecule has 1 saturated heterocycles. The maximum absolute atomic E-state index is 13.0. The Morgan fingerprint density at radius 3 is 2.83 bits per heavy atom. The van der Waals surface area contributed by atoms with Gasteiger partial charge in [0.25, 0.3) is 0 Å². The number of amides is 2. The first-order chi connectivity index (χ1) is 13.9. The Morgan fingerprint density at radius 1 is 1.34 bits per heavy atom. The van der Waals surface area contributed by atoms with Gasteiger partial charge < -0.3 is 20.1 Å². The van der Waals surface area contributed by atoms with Gasteiger partial charge in [0.2, 0.25) is 11.8 Å². The van der Waals surface area contributed by atoms with Crippen LogP contribution in [-0.2, 0) is 16.0 Å². The summed E-state index contributed by atoms with van der Waals surface area (Å²) in [4.78, 5) is 31.3. The number of nitrogens with two attached hydrogens (primary N) is 1. The van der Waals surface area contributed by atoms with E-state index in [-0.39, 0.29) is 24.3 Å². The van der Waals surface area contributed by atoms with Crippen LogP contribution in [0.5, 0.6) is 11.5 Å². The molecule has 156 valence electrons. The van der Waals surface area contributed by atoms with Crippen LogP contribution >= 0.6 is 23.1 Å². The summed E-state index contributed by atoms with van der Waals surface area (Å²) in [6.45, 7) is 2.57. The third kappa shape index (κ3) is 5.02. The number of hydrogen-bond acceptors (Lipinski definition) is 7. The van der Waals surface area contributed by atoms with E-state index in [1.54, 1.807) is 14.2 Å². The van der Waals surface area contributed by atoms with Crippen LogP contribution < -0.4 is 15.2 Å². The van der Waals surface area contributed by atoms with E-state index < -0.39 is 0 Å². The molecule has 1 unspecified atom stereocenters. The van der Waals surface area contributed by atoms with Crippen LogP contribution in [0.1, 0.15) is 35.0 Å². The number of nitrogens with zero attached hydrogens (tertiary/aromatic N) is 2. The number of hydrogen-bond donors (Lipinski definition) is 1. The summed E-state index contributed by atoms with van der Waals surface area (Å²) in [5, 5.41) is 0. The molecule has 0 spiro atoms. The quantitative estimate of drug-likeness (QED) is 0.641. The van der Waals surface area contributed by atoms with Crippen molar-refractivity contribution in [3.05, 3.63) is 34.3 Å². The molecule has 1 aliphatic heterocycles. The maximum atomic E-state index is 13.0. The predicted octanol–water partition coefficient (Wildman–Crippen LogP) is 2.95. The topological polar surface area (TPSA) is 94.8 Å². The van der Waals surface area contributed by atoms with E-state index in [1.165, 1.54) is 23.1 Å². The number of carbonyl (C=O) groups excluding carboxylic acids is 2. The second-order valence-electron chi connectivity index (χ2n) is 6.77. The first-order valence-electron chi connectivity index (χ1n) is 9.31. The Labute approximate surface area is 178 Å². The number of ether oxygens (including phenoxy) is 2. The molecule has 2 amide bonds. The average Bonchev–Trinajstić information content (AvgIpc) is 3.32. The smallest absolute Gasteiger partial charge is 0.233 e. The fourth-order valence-corrected chi connectivity index (χ4v) is 5.61. The molecule has 1 aromatic heterocycles. The number of thiazole rings is 1. The van der Waals surface area contributed by atoms with Gasteiger partial charge in [0, 0.05) is 17.0 Å². The van der Waals surface area contributed by atoms with Crippen LogP contribution in [0.4, 0.5) is 0 Å². The maximum Gasteiger partial charge on any atom is 0.233 e. The third-order valence-electron chi connectivity index (χ3n) is 4.90. The molecule has 0 saturated carbocycles. The summed E-state index contributed by atoms with van der Waals surface area (Å²) < 4.78 is 11.6. The Balaban J connectivity index is 1.70. The summed E-state index contributed by atoms with van der Waals surface area (Å²) >= 11 is 2.82. The first kappa shape index (κ1) is 21.4. The molecular weight excluding hydrogens is 410 g/mol. The van der Waals surface area contributed by atoms with Crippen molar-refractivity contribution in [2.75, 3.05) is 26.5 Å². The lowest BCUT2D eigenvalue weighted by atomic mass is 10.0. The van der Waals surface area contributed by atoms with Gasteiger partial charge in [-0.2, -0.15) is 0 Å². The van der Waals surface area contributed by atoms with E-state index in [0.29, 0.717) is 12.3 Å². The second-order valence-corrected chi connectivity index (χ2v) is 9.08. The van der Waals surface area contributed by atoms with Crippen molar-refractivity contribution in [1.29, 1.82) is 0 Å². The van der Waals surface area contributed by atoms with Gasteiger partial charge >= 0.3 is 0 Å². The number of carbonyl (C=O) groups is 2. The summed E-state index contributed by atoms with van der Waals surface area (Å²) in [6.07, 6.45) is 2.02. The van der Waals surface area contributed by atoms with Crippen molar-refractivity contribution < 1.29 is 19.1 Å². The van der Waals surface area contributed by atoms with Crippen LogP contribution in [0.15, 0.2) is 22.5 Å². The Bertz CT molecular complexity index is 900. The van der Waals surface area contributed by atoms with Crippen molar-refractivity contribution in [1.82, 2.24) is 9.88 Å². The number of primary amides is 1. The molecule has 2 aromatic rings. The van der Waals surface area contributed by atoms with Gasteiger partial charge in [-0.15, -0.1) is 11.3 Å². The molecule has 29 heavy (non-hydrogen) atoms. The highest BCUT2D eigenvalue weighted by atomic mass is 32.2. The Kier molecular flexibility index (Phi) is 7.02. The van der Waals surface area contributed by atoms with Crippen LogP contribution in [-0.4, -0.2) is 48.2 Å². The lowest BCUT2D eigenvalue weighted by Crippen LogP contribution is -2.32. The first-order valence-corrected chi connectivity index (χ1v) is 11.1. The van der Waals surface area contributed by atoms with Crippen molar-refractivity contribution in [3.63, 3.8) is 0 Å². The summed E-state index contributed by atoms with van der Waals surface area (Å²) in [7, 11) is 3.26. The lowest BCUT2D eigenvalue weighted by molar-refractivity contribution is -0.129. The Hall–Kier alpha value is -2.26. The molecule has 7 nitrogen and oxygen atoms in total. The van der Waals surface area contributed by atoms with Crippen LogP contribution in [0.3, 0.4) is 0 Å². The summed E-state index contributed by atoms with van der Waals surface area (Å²) in [5.41, 5.74) is 7.04. The summed E-state index contributed by atoms with van der Waals surface area (Å²) in [5.74, 6) is 1.49. The SMILES string of the molecule is COc1ccc(OC)c(C2CCCN2C(=O)CSc2nc(C)c(CC(N)=O)s2)c1. The highest BCUT2D eigenvalue weighted by molar-refractivity contribution is 8.01. The van der Waals surface area contributed by atoms with Gasteiger partial charge in [-0.25, -0.2) is 4.98 Å². The van der Waals surface area contributed by atoms with E-state index in [9.17, 15) is 9.59 Å². The molecule has 0 radical (unpaired) electrons. The molecule has 1 aliphatic rings. The number of methoxy groups -OCH3 is 2. The fourth-order valence-electron chi connectivity index (χ4n) is 3.48. The molecule has 1 aromatic carbocycles. The normalized spacial score (nSPS) is 16.1. The number of rotatable bonds is 8. The van der Waals surface area contributed by atoms with Gasteiger partial charge in [0.15, 0.2) is 4.34 Å². The van der Waals surface area contributed by atoms with Crippen molar-refractivity contribution in [2.24, 2.45) is 5.73 Å². The molecule has 2 N–H and O–H groups in total. The molecule has 1 atom stereocenters. The lowest BCUT2D eigenvalue weighted by Gasteiger charge is -2.26. The molecule has 2 heterocycles. The van der Waals surface area contributed by atoms with Crippen LogP contribution in [0.2, 0.25) is 0 Å². The average molecular weight is 436 g/mol. The minimum Gasteiger partial charge on any atom is -0.497 e. The highest BCUT2D eigenvalue weighted by Crippen LogP contribution is 2.39. The zero-order chi connectivity index (χ0) is 21.0. The molecule has 9 heteroatoms.